The molecule has 2 aromatic rings. The van der Waals surface area contributed by atoms with Crippen LogP contribution < -0.4 is 10.1 Å². The third-order valence-electron chi connectivity index (χ3n) is 2.52. The van der Waals surface area contributed by atoms with Crippen LogP contribution in [0.15, 0.2) is 42.5 Å². The predicted molar refractivity (Wildman–Crippen MR) is 77.1 cm³/mol. The molecular formula is C15H13ClN2O. The number of nitrogens with one attached hydrogen (secondary N) is 1. The summed E-state index contributed by atoms with van der Waals surface area (Å²) in [5.41, 5.74) is 2.21. The number of hydrogen-bond donors (Lipinski definition) is 1. The molecular weight excluding hydrogens is 260 g/mol. The van der Waals surface area contributed by atoms with Gasteiger partial charge in [-0.15, -0.1) is 0 Å². The van der Waals surface area contributed by atoms with Crippen molar-refractivity contribution in [3.05, 3.63) is 53.1 Å². The number of hydrogen-bond acceptors (Lipinski definition) is 3. The largest absolute Gasteiger partial charge is 0.494 e. The van der Waals surface area contributed by atoms with E-state index in [1.54, 1.807) is 12.1 Å². The molecule has 19 heavy (non-hydrogen) atoms. The minimum Gasteiger partial charge on any atom is -0.494 e. The fourth-order valence-corrected chi connectivity index (χ4v) is 1.90. The lowest BCUT2D eigenvalue weighted by atomic mass is 10.2. The second kappa shape index (κ2) is 6.12. The lowest BCUT2D eigenvalue weighted by molar-refractivity contribution is 0.340. The van der Waals surface area contributed by atoms with E-state index in [1.807, 2.05) is 43.3 Å². The summed E-state index contributed by atoms with van der Waals surface area (Å²) in [6.07, 6.45) is 0. The molecule has 0 unspecified atom stereocenters. The first-order valence-corrected chi connectivity index (χ1v) is 6.30. The Morgan fingerprint density at radius 3 is 2.68 bits per heavy atom. The predicted octanol–water partition coefficient (Wildman–Crippen LogP) is 4.35. The third-order valence-corrected chi connectivity index (χ3v) is 2.84. The molecule has 0 aliphatic carbocycles. The maximum atomic E-state index is 8.82. The van der Waals surface area contributed by atoms with Crippen LogP contribution in [0.25, 0.3) is 0 Å². The summed E-state index contributed by atoms with van der Waals surface area (Å²) in [6.45, 7) is 2.58. The van der Waals surface area contributed by atoms with E-state index in [0.717, 1.165) is 17.1 Å². The molecule has 3 nitrogen and oxygen atoms in total. The van der Waals surface area contributed by atoms with Crippen molar-refractivity contribution in [3.63, 3.8) is 0 Å². The van der Waals surface area contributed by atoms with Gasteiger partial charge in [0.1, 0.15) is 11.8 Å². The molecule has 0 aromatic heterocycles. The summed E-state index contributed by atoms with van der Waals surface area (Å²) in [5, 5.41) is 12.5. The maximum absolute atomic E-state index is 8.82. The van der Waals surface area contributed by atoms with Gasteiger partial charge in [-0.3, -0.25) is 0 Å². The molecule has 0 saturated heterocycles. The number of halogens is 1. The second-order valence-corrected chi connectivity index (χ2v) is 4.30. The van der Waals surface area contributed by atoms with E-state index in [4.69, 9.17) is 21.6 Å². The van der Waals surface area contributed by atoms with Crippen molar-refractivity contribution in [2.45, 2.75) is 6.92 Å². The molecule has 4 heteroatoms. The quantitative estimate of drug-likeness (QED) is 0.900. The standard InChI is InChI=1S/C15H13ClN2O/c1-2-19-14-5-3-4-12(8-14)18-13-7-6-11(10-17)15(16)9-13/h3-9,18H,2H2,1H3. The van der Waals surface area contributed by atoms with Gasteiger partial charge in [0, 0.05) is 17.4 Å². The van der Waals surface area contributed by atoms with Gasteiger partial charge in [0.05, 0.1) is 17.2 Å². The van der Waals surface area contributed by atoms with E-state index in [2.05, 4.69) is 5.32 Å². The number of anilines is 2. The van der Waals surface area contributed by atoms with Gasteiger partial charge >= 0.3 is 0 Å². The summed E-state index contributed by atoms with van der Waals surface area (Å²) in [5.74, 6) is 0.812. The first-order valence-electron chi connectivity index (χ1n) is 5.92. The molecule has 0 spiro atoms. The zero-order valence-electron chi connectivity index (χ0n) is 10.5. The Labute approximate surface area is 117 Å². The molecule has 0 fully saturated rings. The summed E-state index contributed by atoms with van der Waals surface area (Å²) >= 11 is 5.99. The van der Waals surface area contributed by atoms with Gasteiger partial charge in [0.25, 0.3) is 0 Å². The second-order valence-electron chi connectivity index (χ2n) is 3.89. The molecule has 0 radical (unpaired) electrons. The van der Waals surface area contributed by atoms with Crippen molar-refractivity contribution in [3.8, 4) is 11.8 Å². The van der Waals surface area contributed by atoms with Crippen molar-refractivity contribution in [1.29, 1.82) is 5.26 Å². The maximum Gasteiger partial charge on any atom is 0.121 e. The zero-order chi connectivity index (χ0) is 13.7. The van der Waals surface area contributed by atoms with E-state index in [0.29, 0.717) is 17.2 Å². The van der Waals surface area contributed by atoms with Gasteiger partial charge in [-0.1, -0.05) is 17.7 Å². The van der Waals surface area contributed by atoms with Crippen LogP contribution in [0.3, 0.4) is 0 Å². The molecule has 2 rings (SSSR count). The molecule has 0 aliphatic rings. The van der Waals surface area contributed by atoms with Crippen LogP contribution >= 0.6 is 11.6 Å². The van der Waals surface area contributed by atoms with Crippen LogP contribution in [0.5, 0.6) is 5.75 Å². The van der Waals surface area contributed by atoms with Crippen LogP contribution in [0.1, 0.15) is 12.5 Å². The first-order chi connectivity index (χ1) is 9.22. The SMILES string of the molecule is CCOc1cccc(Nc2ccc(C#N)c(Cl)c2)c1. The molecule has 1 N–H and O–H groups in total. The van der Waals surface area contributed by atoms with E-state index in [-0.39, 0.29) is 0 Å². The summed E-state index contributed by atoms with van der Waals surface area (Å²) < 4.78 is 5.44. The monoisotopic (exact) mass is 272 g/mol. The number of nitrogens with zero attached hydrogens (tertiary/aromatic N) is 1. The molecule has 0 bridgehead atoms. The molecule has 0 saturated carbocycles. The Balaban J connectivity index is 2.19. The van der Waals surface area contributed by atoms with Crippen LogP contribution in [0, 0.1) is 11.3 Å². The minimum atomic E-state index is 0.438. The minimum absolute atomic E-state index is 0.438. The van der Waals surface area contributed by atoms with Gasteiger partial charge in [-0.25, -0.2) is 0 Å². The molecule has 96 valence electrons. The smallest absolute Gasteiger partial charge is 0.121 e. The molecule has 0 aliphatic heterocycles. The van der Waals surface area contributed by atoms with E-state index < -0.39 is 0 Å². The van der Waals surface area contributed by atoms with Gasteiger partial charge < -0.3 is 10.1 Å². The number of nitriles is 1. The van der Waals surface area contributed by atoms with Crippen molar-refractivity contribution < 1.29 is 4.74 Å². The summed E-state index contributed by atoms with van der Waals surface area (Å²) in [6, 6.07) is 14.9. The lowest BCUT2D eigenvalue weighted by Crippen LogP contribution is -1.94. The van der Waals surface area contributed by atoms with Gasteiger partial charge in [-0.05, 0) is 37.3 Å². The molecule has 0 atom stereocenters. The Kier molecular flexibility index (Phi) is 4.27. The average Bonchev–Trinajstić information content (AvgIpc) is 2.40. The third kappa shape index (κ3) is 3.40. The molecule has 0 amide bonds. The highest BCUT2D eigenvalue weighted by Crippen LogP contribution is 2.25. The van der Waals surface area contributed by atoms with Crippen molar-refractivity contribution in [1.82, 2.24) is 0 Å². The van der Waals surface area contributed by atoms with E-state index >= 15 is 0 Å². The Morgan fingerprint density at radius 2 is 2.00 bits per heavy atom. The topological polar surface area (TPSA) is 45.0 Å². The summed E-state index contributed by atoms with van der Waals surface area (Å²) in [7, 11) is 0. The molecule has 2 aromatic carbocycles. The zero-order valence-corrected chi connectivity index (χ0v) is 11.2. The molecule has 0 heterocycles. The van der Waals surface area contributed by atoms with Crippen molar-refractivity contribution in [2.75, 3.05) is 11.9 Å². The fraction of sp³-hybridized carbons (Fsp3) is 0.133. The highest BCUT2D eigenvalue weighted by molar-refractivity contribution is 6.32. The van der Waals surface area contributed by atoms with Crippen LogP contribution in [-0.2, 0) is 0 Å². The van der Waals surface area contributed by atoms with Crippen molar-refractivity contribution in [2.24, 2.45) is 0 Å². The Morgan fingerprint density at radius 1 is 1.21 bits per heavy atom. The average molecular weight is 273 g/mol. The fourth-order valence-electron chi connectivity index (χ4n) is 1.68. The lowest BCUT2D eigenvalue weighted by Gasteiger charge is -2.09. The first kappa shape index (κ1) is 13.3. The number of ether oxygens (including phenoxy) is 1. The van der Waals surface area contributed by atoms with Gasteiger partial charge in [0.15, 0.2) is 0 Å². The highest BCUT2D eigenvalue weighted by atomic mass is 35.5. The van der Waals surface area contributed by atoms with Gasteiger partial charge in [0.2, 0.25) is 0 Å². The van der Waals surface area contributed by atoms with Crippen LogP contribution in [-0.4, -0.2) is 6.61 Å². The van der Waals surface area contributed by atoms with E-state index in [1.165, 1.54) is 0 Å². The van der Waals surface area contributed by atoms with Crippen LogP contribution in [0.4, 0.5) is 11.4 Å². The number of benzene rings is 2. The van der Waals surface area contributed by atoms with Crippen molar-refractivity contribution >= 4 is 23.0 Å². The number of rotatable bonds is 4. The van der Waals surface area contributed by atoms with Gasteiger partial charge in [-0.2, -0.15) is 5.26 Å². The summed E-state index contributed by atoms with van der Waals surface area (Å²) in [4.78, 5) is 0. The van der Waals surface area contributed by atoms with Crippen LogP contribution in [0.2, 0.25) is 5.02 Å². The van der Waals surface area contributed by atoms with E-state index in [9.17, 15) is 0 Å². The normalized spacial score (nSPS) is 9.74. The Hall–Kier alpha value is -2.18. The Bertz CT molecular complexity index is 620. The highest BCUT2D eigenvalue weighted by Gasteiger charge is 2.02.